The van der Waals surface area contributed by atoms with Crippen molar-refractivity contribution in [2.45, 2.75) is 38.1 Å². The zero-order chi connectivity index (χ0) is 15.8. The highest BCUT2D eigenvalue weighted by Crippen LogP contribution is 2.48. The summed E-state index contributed by atoms with van der Waals surface area (Å²) in [5, 5.41) is 0. The zero-order valence-corrected chi connectivity index (χ0v) is 13.9. The van der Waals surface area contributed by atoms with Crippen LogP contribution in [0.25, 0.3) is 0 Å². The van der Waals surface area contributed by atoms with Crippen molar-refractivity contribution < 1.29 is 12.8 Å². The van der Waals surface area contributed by atoms with Gasteiger partial charge in [-0.25, -0.2) is 12.8 Å². The highest BCUT2D eigenvalue weighted by Gasteiger charge is 2.47. The first-order chi connectivity index (χ1) is 10.4. The third-order valence-corrected chi connectivity index (χ3v) is 6.06. The van der Waals surface area contributed by atoms with Crippen molar-refractivity contribution in [2.24, 2.45) is 5.41 Å². The fourth-order valence-corrected chi connectivity index (χ4v) is 5.27. The van der Waals surface area contributed by atoms with E-state index in [9.17, 15) is 12.8 Å². The van der Waals surface area contributed by atoms with E-state index in [1.54, 1.807) is 12.1 Å². The van der Waals surface area contributed by atoms with E-state index in [1.807, 2.05) is 6.07 Å². The number of benzene rings is 1. The molecule has 0 radical (unpaired) electrons. The lowest BCUT2D eigenvalue weighted by molar-refractivity contribution is 0.211. The summed E-state index contributed by atoms with van der Waals surface area (Å²) in [5.41, 5.74) is 1.02. The van der Waals surface area contributed by atoms with Crippen molar-refractivity contribution in [1.82, 2.24) is 4.90 Å². The summed E-state index contributed by atoms with van der Waals surface area (Å²) in [5.74, 6) is 0.126. The summed E-state index contributed by atoms with van der Waals surface area (Å²) in [7, 11) is -2.92. The number of nitrogens with zero attached hydrogens (tertiary/aromatic N) is 1. The van der Waals surface area contributed by atoms with Crippen LogP contribution in [0.2, 0.25) is 0 Å². The van der Waals surface area contributed by atoms with Gasteiger partial charge in [0.05, 0.1) is 5.75 Å². The predicted octanol–water partition coefficient (Wildman–Crippen LogP) is 2.66. The average molecular weight is 325 g/mol. The van der Waals surface area contributed by atoms with E-state index in [4.69, 9.17) is 0 Å². The van der Waals surface area contributed by atoms with Gasteiger partial charge in [-0.3, -0.25) is 4.90 Å². The van der Waals surface area contributed by atoms with Gasteiger partial charge in [0.15, 0.2) is 0 Å². The van der Waals surface area contributed by atoms with Crippen molar-refractivity contribution in [1.29, 1.82) is 0 Å². The van der Waals surface area contributed by atoms with Gasteiger partial charge in [-0.1, -0.05) is 12.1 Å². The summed E-state index contributed by atoms with van der Waals surface area (Å²) in [6.45, 7) is 1.91. The monoisotopic (exact) mass is 325 g/mol. The molecule has 1 atom stereocenters. The maximum absolute atomic E-state index is 13.3. The molecule has 3 rings (SSSR count). The van der Waals surface area contributed by atoms with Gasteiger partial charge in [0.1, 0.15) is 15.7 Å². The average Bonchev–Trinajstić information content (AvgIpc) is 2.99. The van der Waals surface area contributed by atoms with E-state index in [-0.39, 0.29) is 11.2 Å². The second kappa shape index (κ2) is 5.93. The summed E-state index contributed by atoms with van der Waals surface area (Å²) >= 11 is 0. The lowest BCUT2D eigenvalue weighted by Crippen LogP contribution is -2.38. The Morgan fingerprint density at radius 2 is 2.14 bits per heavy atom. The first kappa shape index (κ1) is 15.9. The third-order valence-electron chi connectivity index (χ3n) is 4.92. The van der Waals surface area contributed by atoms with Crippen LogP contribution in [-0.2, 0) is 16.3 Å². The molecule has 1 aliphatic carbocycles. The maximum atomic E-state index is 13.3. The van der Waals surface area contributed by atoms with Crippen LogP contribution in [0.4, 0.5) is 4.39 Å². The summed E-state index contributed by atoms with van der Waals surface area (Å²) < 4.78 is 36.5. The molecule has 0 N–H and O–H groups in total. The lowest BCUT2D eigenvalue weighted by Gasteiger charge is -2.29. The number of sulfone groups is 1. The summed E-state index contributed by atoms with van der Waals surface area (Å²) in [6.07, 6.45) is 6.49. The highest BCUT2D eigenvalue weighted by atomic mass is 32.2. The Morgan fingerprint density at radius 1 is 1.36 bits per heavy atom. The van der Waals surface area contributed by atoms with Gasteiger partial charge < -0.3 is 0 Å². The minimum Gasteiger partial charge on any atom is -0.299 e. The Bertz CT molecular complexity index is 640. The largest absolute Gasteiger partial charge is 0.299 e. The van der Waals surface area contributed by atoms with Gasteiger partial charge in [0.25, 0.3) is 0 Å². The Kier molecular flexibility index (Phi) is 4.29. The van der Waals surface area contributed by atoms with Crippen molar-refractivity contribution in [3.63, 3.8) is 0 Å². The number of hydrogen-bond donors (Lipinski definition) is 0. The van der Waals surface area contributed by atoms with Crippen molar-refractivity contribution in [3.8, 4) is 0 Å². The molecule has 2 fully saturated rings. The molecular formula is C17H24FNO2S. The molecule has 0 spiro atoms. The smallest absolute Gasteiger partial charge is 0.148 e. The van der Waals surface area contributed by atoms with E-state index in [1.165, 1.54) is 12.3 Å². The van der Waals surface area contributed by atoms with Crippen LogP contribution in [0.15, 0.2) is 24.3 Å². The van der Waals surface area contributed by atoms with E-state index < -0.39 is 9.84 Å². The standard InChI is InChI=1S/C17H24FNO2S/c1-22(20,21)13-17(7-8-17)12-19-9-3-6-16(19)11-14-4-2-5-15(18)10-14/h2,4-5,10,16H,3,6-9,11-13H2,1H3/t16-/m1/s1. The molecule has 3 nitrogen and oxygen atoms in total. The SMILES string of the molecule is CS(=O)(=O)CC1(CN2CCC[C@@H]2Cc2cccc(F)c2)CC1. The number of likely N-dealkylation sites (tertiary alicyclic amines) is 1. The summed E-state index contributed by atoms with van der Waals surface area (Å²) in [6, 6.07) is 7.24. The molecule has 1 aliphatic heterocycles. The van der Waals surface area contributed by atoms with Crippen LogP contribution >= 0.6 is 0 Å². The molecule has 5 heteroatoms. The van der Waals surface area contributed by atoms with Gasteiger partial charge in [-0.2, -0.15) is 0 Å². The molecule has 0 unspecified atom stereocenters. The number of halogens is 1. The van der Waals surface area contributed by atoms with Crippen LogP contribution in [0.3, 0.4) is 0 Å². The second-order valence-electron chi connectivity index (χ2n) is 7.17. The highest BCUT2D eigenvalue weighted by molar-refractivity contribution is 7.90. The molecule has 1 aromatic carbocycles. The molecule has 22 heavy (non-hydrogen) atoms. The maximum Gasteiger partial charge on any atom is 0.148 e. The molecule has 1 heterocycles. The molecule has 0 amide bonds. The Hall–Kier alpha value is -0.940. The zero-order valence-electron chi connectivity index (χ0n) is 13.1. The normalized spacial score (nSPS) is 24.5. The Balaban J connectivity index is 1.64. The minimum absolute atomic E-state index is 0.0158. The molecule has 1 saturated heterocycles. The van der Waals surface area contributed by atoms with Gasteiger partial charge >= 0.3 is 0 Å². The van der Waals surface area contributed by atoms with Crippen LogP contribution in [0, 0.1) is 11.2 Å². The topological polar surface area (TPSA) is 37.4 Å². The van der Waals surface area contributed by atoms with E-state index >= 15 is 0 Å². The van der Waals surface area contributed by atoms with Crippen LogP contribution in [-0.4, -0.2) is 44.5 Å². The fraction of sp³-hybridized carbons (Fsp3) is 0.647. The van der Waals surface area contributed by atoms with E-state index in [0.717, 1.165) is 50.8 Å². The molecule has 122 valence electrons. The van der Waals surface area contributed by atoms with Gasteiger partial charge in [0.2, 0.25) is 0 Å². The quantitative estimate of drug-likeness (QED) is 0.807. The van der Waals surface area contributed by atoms with Gasteiger partial charge in [-0.05, 0) is 61.8 Å². The Labute approximate surface area is 132 Å². The second-order valence-corrected chi connectivity index (χ2v) is 9.31. The summed E-state index contributed by atoms with van der Waals surface area (Å²) in [4.78, 5) is 2.43. The molecular weight excluding hydrogens is 301 g/mol. The predicted molar refractivity (Wildman–Crippen MR) is 86.1 cm³/mol. The van der Waals surface area contributed by atoms with Crippen molar-refractivity contribution in [3.05, 3.63) is 35.6 Å². The van der Waals surface area contributed by atoms with Gasteiger partial charge in [0, 0.05) is 18.8 Å². The first-order valence-corrected chi connectivity index (χ1v) is 10.1. The molecule has 0 aromatic heterocycles. The third kappa shape index (κ3) is 4.07. The molecule has 0 bridgehead atoms. The van der Waals surface area contributed by atoms with Gasteiger partial charge in [-0.15, -0.1) is 0 Å². The number of hydrogen-bond acceptors (Lipinski definition) is 3. The molecule has 1 saturated carbocycles. The fourth-order valence-electron chi connectivity index (χ4n) is 3.78. The molecule has 2 aliphatic rings. The van der Waals surface area contributed by atoms with E-state index in [0.29, 0.717) is 11.8 Å². The van der Waals surface area contributed by atoms with Crippen molar-refractivity contribution in [2.75, 3.05) is 25.1 Å². The first-order valence-electron chi connectivity index (χ1n) is 8.02. The van der Waals surface area contributed by atoms with E-state index in [2.05, 4.69) is 4.90 Å². The number of rotatable bonds is 6. The van der Waals surface area contributed by atoms with Crippen LogP contribution in [0.5, 0.6) is 0 Å². The Morgan fingerprint density at radius 3 is 2.77 bits per heavy atom. The minimum atomic E-state index is -2.92. The lowest BCUT2D eigenvalue weighted by atomic mass is 10.0. The van der Waals surface area contributed by atoms with Crippen molar-refractivity contribution >= 4 is 9.84 Å². The molecule has 1 aromatic rings. The van der Waals surface area contributed by atoms with Crippen LogP contribution in [0.1, 0.15) is 31.2 Å². The van der Waals surface area contributed by atoms with Crippen LogP contribution < -0.4 is 0 Å².